The van der Waals surface area contributed by atoms with Crippen LogP contribution in [0, 0.1) is 0 Å². The maximum Gasteiger partial charge on any atom is 0.265 e. The fraction of sp³-hybridized carbons (Fsp3) is 0.350. The van der Waals surface area contributed by atoms with Gasteiger partial charge in [-0.15, -0.1) is 24.0 Å². The summed E-state index contributed by atoms with van der Waals surface area (Å²) in [7, 11) is 1.74. The van der Waals surface area contributed by atoms with Gasteiger partial charge in [-0.1, -0.05) is 29.8 Å². The molecule has 2 aromatic rings. The van der Waals surface area contributed by atoms with E-state index < -0.39 is 0 Å². The Balaban J connectivity index is 0.00000300. The number of carbonyl (C=O) groups is 1. The van der Waals surface area contributed by atoms with Crippen molar-refractivity contribution in [2.45, 2.75) is 12.8 Å². The third-order valence-electron chi connectivity index (χ3n) is 4.38. The Kier molecular flexibility index (Phi) is 9.46. The summed E-state index contributed by atoms with van der Waals surface area (Å²) in [6, 6.07) is 11.4. The number of ether oxygens (including phenoxy) is 1. The van der Waals surface area contributed by atoms with Gasteiger partial charge in [-0.3, -0.25) is 9.79 Å². The van der Waals surface area contributed by atoms with E-state index in [-0.39, 0.29) is 36.5 Å². The number of carbonyl (C=O) groups excluding carboxylic acids is 1. The number of benzene rings is 1. The Morgan fingerprint density at radius 3 is 2.79 bits per heavy atom. The van der Waals surface area contributed by atoms with E-state index in [0.29, 0.717) is 18.2 Å². The van der Waals surface area contributed by atoms with Gasteiger partial charge in [0.15, 0.2) is 12.6 Å². The molecule has 1 aromatic carbocycles. The molecule has 156 valence electrons. The molecular formula is C20H25ClIN5O2. The molecule has 0 bridgehead atoms. The largest absolute Gasteiger partial charge is 0.482 e. The molecule has 2 N–H and O–H groups in total. The van der Waals surface area contributed by atoms with Gasteiger partial charge in [-0.05, 0) is 36.6 Å². The van der Waals surface area contributed by atoms with E-state index in [9.17, 15) is 4.79 Å². The van der Waals surface area contributed by atoms with Gasteiger partial charge in [0, 0.05) is 32.9 Å². The van der Waals surface area contributed by atoms with Crippen LogP contribution in [0.1, 0.15) is 12.0 Å². The molecule has 0 atom stereocenters. The number of nitrogens with zero attached hydrogens (tertiary/aromatic N) is 3. The van der Waals surface area contributed by atoms with E-state index in [2.05, 4.69) is 20.6 Å². The minimum absolute atomic E-state index is 0. The number of pyridine rings is 1. The molecule has 1 aromatic heterocycles. The van der Waals surface area contributed by atoms with Gasteiger partial charge in [-0.25, -0.2) is 4.98 Å². The SMILES string of the molecule is CN=C(NCCCN1C(=O)COc2ccccc21)NCCc1ccc(Cl)nc1.I. The lowest BCUT2D eigenvalue weighted by molar-refractivity contribution is -0.121. The van der Waals surface area contributed by atoms with Crippen molar-refractivity contribution in [2.24, 2.45) is 4.99 Å². The number of hydrogen-bond acceptors (Lipinski definition) is 4. The highest BCUT2D eigenvalue weighted by molar-refractivity contribution is 14.0. The molecule has 2 heterocycles. The molecule has 29 heavy (non-hydrogen) atoms. The topological polar surface area (TPSA) is 78.9 Å². The third-order valence-corrected chi connectivity index (χ3v) is 4.60. The number of guanidine groups is 1. The normalized spacial score (nSPS) is 13.2. The maximum absolute atomic E-state index is 12.2. The number of aromatic nitrogens is 1. The summed E-state index contributed by atoms with van der Waals surface area (Å²) in [4.78, 5) is 22.3. The summed E-state index contributed by atoms with van der Waals surface area (Å²) in [5.74, 6) is 1.47. The monoisotopic (exact) mass is 529 g/mol. The fourth-order valence-electron chi connectivity index (χ4n) is 2.94. The molecular weight excluding hydrogens is 505 g/mol. The number of anilines is 1. The summed E-state index contributed by atoms with van der Waals surface area (Å²) < 4.78 is 5.47. The number of aliphatic imine (C=N–C) groups is 1. The first-order chi connectivity index (χ1) is 13.7. The van der Waals surface area contributed by atoms with E-state index in [1.807, 2.05) is 30.3 Å². The number of amides is 1. The van der Waals surface area contributed by atoms with Gasteiger partial charge in [-0.2, -0.15) is 0 Å². The molecule has 1 aliphatic rings. The van der Waals surface area contributed by atoms with Crippen molar-refractivity contribution < 1.29 is 9.53 Å². The Hall–Kier alpha value is -2.07. The van der Waals surface area contributed by atoms with Crippen molar-refractivity contribution in [3.63, 3.8) is 0 Å². The van der Waals surface area contributed by atoms with Crippen molar-refractivity contribution in [3.05, 3.63) is 53.3 Å². The third kappa shape index (κ3) is 6.74. The van der Waals surface area contributed by atoms with Gasteiger partial charge in [0.05, 0.1) is 5.69 Å². The summed E-state index contributed by atoms with van der Waals surface area (Å²) >= 11 is 5.80. The quantitative estimate of drug-likeness (QED) is 0.190. The van der Waals surface area contributed by atoms with Gasteiger partial charge in [0.2, 0.25) is 0 Å². The number of para-hydroxylation sites is 2. The van der Waals surface area contributed by atoms with Crippen molar-refractivity contribution in [3.8, 4) is 5.75 Å². The smallest absolute Gasteiger partial charge is 0.265 e. The van der Waals surface area contributed by atoms with Gasteiger partial charge >= 0.3 is 0 Å². The predicted molar refractivity (Wildman–Crippen MR) is 127 cm³/mol. The number of fused-ring (bicyclic) bond motifs is 1. The number of rotatable bonds is 7. The van der Waals surface area contributed by atoms with Crippen LogP contribution in [0.25, 0.3) is 0 Å². The molecule has 3 rings (SSSR count). The molecule has 0 radical (unpaired) electrons. The second kappa shape index (κ2) is 11.8. The van der Waals surface area contributed by atoms with Gasteiger partial charge in [0.25, 0.3) is 5.91 Å². The molecule has 0 fully saturated rings. The van der Waals surface area contributed by atoms with Crippen molar-refractivity contribution >= 4 is 53.1 Å². The number of halogens is 2. The minimum atomic E-state index is -0.0159. The summed E-state index contributed by atoms with van der Waals surface area (Å²) in [5.41, 5.74) is 1.94. The van der Waals surface area contributed by atoms with Gasteiger partial charge < -0.3 is 20.3 Å². The van der Waals surface area contributed by atoms with Crippen LogP contribution < -0.4 is 20.3 Å². The van der Waals surface area contributed by atoms with E-state index in [0.717, 1.165) is 42.3 Å². The second-order valence-electron chi connectivity index (χ2n) is 6.32. The van der Waals surface area contributed by atoms with Crippen LogP contribution in [-0.2, 0) is 11.2 Å². The average Bonchev–Trinajstić information content (AvgIpc) is 2.72. The molecule has 0 saturated heterocycles. The van der Waals surface area contributed by atoms with Crippen LogP contribution in [-0.4, -0.2) is 50.1 Å². The fourth-order valence-corrected chi connectivity index (χ4v) is 3.06. The molecule has 7 nitrogen and oxygen atoms in total. The molecule has 0 aliphatic carbocycles. The van der Waals surface area contributed by atoms with Crippen LogP contribution in [0.5, 0.6) is 5.75 Å². The van der Waals surface area contributed by atoms with E-state index in [1.165, 1.54) is 0 Å². The van der Waals surface area contributed by atoms with Crippen LogP contribution in [0.4, 0.5) is 5.69 Å². The molecule has 0 spiro atoms. The molecule has 0 unspecified atom stereocenters. The van der Waals surface area contributed by atoms with Crippen molar-refractivity contribution in [1.29, 1.82) is 0 Å². The van der Waals surface area contributed by atoms with Crippen molar-refractivity contribution in [2.75, 3.05) is 38.2 Å². The van der Waals surface area contributed by atoms with Crippen molar-refractivity contribution in [1.82, 2.24) is 15.6 Å². The Morgan fingerprint density at radius 1 is 1.24 bits per heavy atom. The summed E-state index contributed by atoms with van der Waals surface area (Å²) in [6.45, 7) is 2.15. The first-order valence-corrected chi connectivity index (χ1v) is 9.62. The number of hydrogen-bond donors (Lipinski definition) is 2. The molecule has 9 heteroatoms. The second-order valence-corrected chi connectivity index (χ2v) is 6.71. The molecule has 1 amide bonds. The lowest BCUT2D eigenvalue weighted by Crippen LogP contribution is -2.42. The highest BCUT2D eigenvalue weighted by Crippen LogP contribution is 2.31. The zero-order valence-corrected chi connectivity index (χ0v) is 19.3. The zero-order chi connectivity index (χ0) is 19.8. The van der Waals surface area contributed by atoms with Crippen LogP contribution >= 0.6 is 35.6 Å². The Morgan fingerprint density at radius 2 is 2.03 bits per heavy atom. The molecule has 1 aliphatic heterocycles. The van der Waals surface area contributed by atoms with E-state index in [1.54, 1.807) is 24.2 Å². The van der Waals surface area contributed by atoms with Crippen LogP contribution in [0.15, 0.2) is 47.6 Å². The van der Waals surface area contributed by atoms with E-state index in [4.69, 9.17) is 16.3 Å². The average molecular weight is 530 g/mol. The standard InChI is InChI=1S/C20H24ClN5O2.HI/c1-22-20(24-11-9-15-7-8-18(21)25-13-15)23-10-4-12-26-16-5-2-3-6-17(16)28-14-19(26)27;/h2-3,5-8,13H,4,9-12,14H2,1H3,(H2,22,23,24);1H. The number of nitrogens with one attached hydrogen (secondary N) is 2. The maximum atomic E-state index is 12.2. The first-order valence-electron chi connectivity index (χ1n) is 9.24. The van der Waals surface area contributed by atoms with Crippen LogP contribution in [0.3, 0.4) is 0 Å². The van der Waals surface area contributed by atoms with Crippen LogP contribution in [0.2, 0.25) is 5.15 Å². The summed E-state index contributed by atoms with van der Waals surface area (Å²) in [6.07, 6.45) is 3.39. The van der Waals surface area contributed by atoms with Gasteiger partial charge in [0.1, 0.15) is 10.9 Å². The Bertz CT molecular complexity index is 832. The Labute approximate surface area is 192 Å². The lowest BCUT2D eigenvalue weighted by Gasteiger charge is -2.29. The molecule has 0 saturated carbocycles. The highest BCUT2D eigenvalue weighted by atomic mass is 127. The highest BCUT2D eigenvalue weighted by Gasteiger charge is 2.24. The van der Waals surface area contributed by atoms with E-state index >= 15 is 0 Å². The summed E-state index contributed by atoms with van der Waals surface area (Å²) in [5, 5.41) is 7.04. The first kappa shape index (κ1) is 23.2. The minimum Gasteiger partial charge on any atom is -0.482 e. The predicted octanol–water partition coefficient (Wildman–Crippen LogP) is 2.88. The lowest BCUT2D eigenvalue weighted by atomic mass is 10.2. The zero-order valence-electron chi connectivity index (χ0n) is 16.2.